The molecule has 7 heteroatoms. The molecule has 1 amide bonds. The number of aryl methyl sites for hydroxylation is 1. The molecule has 1 saturated heterocycles. The third-order valence-corrected chi connectivity index (χ3v) is 5.68. The van der Waals surface area contributed by atoms with Crippen molar-refractivity contribution in [2.24, 2.45) is 0 Å². The number of hydrogen-bond acceptors (Lipinski definition) is 5. The van der Waals surface area contributed by atoms with Crippen molar-refractivity contribution >= 4 is 16.8 Å². The molecule has 1 aromatic carbocycles. The van der Waals surface area contributed by atoms with Gasteiger partial charge in [-0.25, -0.2) is 0 Å². The van der Waals surface area contributed by atoms with E-state index < -0.39 is 0 Å². The van der Waals surface area contributed by atoms with Gasteiger partial charge in [0.15, 0.2) is 0 Å². The lowest BCUT2D eigenvalue weighted by Crippen LogP contribution is -2.47. The highest BCUT2D eigenvalue weighted by Gasteiger charge is 2.23. The molecule has 2 aromatic heterocycles. The predicted molar refractivity (Wildman–Crippen MR) is 116 cm³/mol. The number of likely N-dealkylation sites (N-methyl/N-ethyl adjacent to an activating group) is 1. The molecule has 156 valence electrons. The first-order valence-corrected chi connectivity index (χ1v) is 10.1. The van der Waals surface area contributed by atoms with Crippen molar-refractivity contribution in [3.63, 3.8) is 0 Å². The number of piperazine rings is 1. The number of benzene rings is 1. The Hall–Kier alpha value is -3.19. The topological polar surface area (TPSA) is 67.7 Å². The van der Waals surface area contributed by atoms with Gasteiger partial charge in [0, 0.05) is 32.4 Å². The summed E-state index contributed by atoms with van der Waals surface area (Å²) in [5.74, 6) is 0.719. The molecule has 3 aromatic rings. The van der Waals surface area contributed by atoms with E-state index in [1.807, 2.05) is 42.2 Å². The number of hydrogen-bond donors (Lipinski definition) is 0. The van der Waals surface area contributed by atoms with Crippen LogP contribution in [0.25, 0.3) is 10.9 Å². The number of pyridine rings is 2. The Labute approximate surface area is 175 Å². The molecule has 0 bridgehead atoms. The van der Waals surface area contributed by atoms with Gasteiger partial charge in [0.1, 0.15) is 5.75 Å². The van der Waals surface area contributed by atoms with Crippen molar-refractivity contribution in [1.82, 2.24) is 19.4 Å². The van der Waals surface area contributed by atoms with Gasteiger partial charge in [0.05, 0.1) is 35.8 Å². The van der Waals surface area contributed by atoms with Gasteiger partial charge < -0.3 is 19.1 Å². The standard InChI is InChI=1S/C23H26N4O3/c1-16-19(22(28)26-12-10-25(2)11-13-26)14-20-21(24-16)8-9-27(23(20)29)15-17-4-6-18(30-3)7-5-17/h4-9,14H,10-13,15H2,1-3H3. The van der Waals surface area contributed by atoms with E-state index in [2.05, 4.69) is 16.9 Å². The third kappa shape index (κ3) is 3.93. The van der Waals surface area contributed by atoms with Crippen molar-refractivity contribution in [1.29, 1.82) is 0 Å². The number of aromatic nitrogens is 2. The van der Waals surface area contributed by atoms with Crippen LogP contribution in [0.5, 0.6) is 5.75 Å². The van der Waals surface area contributed by atoms with Crippen molar-refractivity contribution in [2.75, 3.05) is 40.3 Å². The summed E-state index contributed by atoms with van der Waals surface area (Å²) in [4.78, 5) is 34.8. The summed E-state index contributed by atoms with van der Waals surface area (Å²) >= 11 is 0. The van der Waals surface area contributed by atoms with Gasteiger partial charge >= 0.3 is 0 Å². The SMILES string of the molecule is COc1ccc(Cn2ccc3nc(C)c(C(=O)N4CCN(C)CC4)cc3c2=O)cc1. The molecule has 1 fully saturated rings. The summed E-state index contributed by atoms with van der Waals surface area (Å²) in [6.45, 7) is 5.33. The van der Waals surface area contributed by atoms with E-state index in [1.54, 1.807) is 23.9 Å². The fraction of sp³-hybridized carbons (Fsp3) is 0.348. The molecule has 0 radical (unpaired) electrons. The predicted octanol–water partition coefficient (Wildman–Crippen LogP) is 2.15. The molecule has 0 atom stereocenters. The zero-order valence-electron chi connectivity index (χ0n) is 17.6. The van der Waals surface area contributed by atoms with Gasteiger partial charge in [-0.05, 0) is 43.8 Å². The van der Waals surface area contributed by atoms with E-state index in [0.29, 0.717) is 41.8 Å². The zero-order chi connectivity index (χ0) is 21.3. The maximum atomic E-state index is 13.1. The Bertz CT molecular complexity index is 1130. The minimum Gasteiger partial charge on any atom is -0.497 e. The number of nitrogens with zero attached hydrogens (tertiary/aromatic N) is 4. The largest absolute Gasteiger partial charge is 0.497 e. The minimum atomic E-state index is -0.150. The maximum absolute atomic E-state index is 13.1. The van der Waals surface area contributed by atoms with Crippen LogP contribution >= 0.6 is 0 Å². The van der Waals surface area contributed by atoms with Crippen LogP contribution in [0.2, 0.25) is 0 Å². The van der Waals surface area contributed by atoms with Gasteiger partial charge in [-0.3, -0.25) is 14.6 Å². The highest BCUT2D eigenvalue weighted by molar-refractivity contribution is 5.98. The van der Waals surface area contributed by atoms with Gasteiger partial charge in [0.2, 0.25) is 0 Å². The smallest absolute Gasteiger partial charge is 0.260 e. The summed E-state index contributed by atoms with van der Waals surface area (Å²) in [6, 6.07) is 11.2. The van der Waals surface area contributed by atoms with E-state index in [4.69, 9.17) is 4.74 Å². The molecular formula is C23H26N4O3. The second kappa shape index (κ2) is 8.28. The Morgan fingerprint density at radius 3 is 2.47 bits per heavy atom. The van der Waals surface area contributed by atoms with Gasteiger partial charge in [-0.1, -0.05) is 12.1 Å². The molecular weight excluding hydrogens is 380 g/mol. The van der Waals surface area contributed by atoms with Crippen molar-refractivity contribution in [2.45, 2.75) is 13.5 Å². The minimum absolute atomic E-state index is 0.0556. The molecule has 0 aliphatic carbocycles. The fourth-order valence-corrected chi connectivity index (χ4v) is 3.75. The van der Waals surface area contributed by atoms with Crippen LogP contribution in [0.1, 0.15) is 21.6 Å². The van der Waals surface area contributed by atoms with Crippen LogP contribution in [-0.2, 0) is 6.54 Å². The van der Waals surface area contributed by atoms with Crippen LogP contribution in [0, 0.1) is 6.92 Å². The quantitative estimate of drug-likeness (QED) is 0.664. The van der Waals surface area contributed by atoms with Crippen LogP contribution in [0.4, 0.5) is 0 Å². The number of amides is 1. The Morgan fingerprint density at radius 2 is 1.80 bits per heavy atom. The lowest BCUT2D eigenvalue weighted by atomic mass is 10.1. The number of rotatable bonds is 4. The lowest BCUT2D eigenvalue weighted by Gasteiger charge is -2.32. The maximum Gasteiger partial charge on any atom is 0.260 e. The lowest BCUT2D eigenvalue weighted by molar-refractivity contribution is 0.0663. The second-order valence-electron chi connectivity index (χ2n) is 7.75. The number of fused-ring (bicyclic) bond motifs is 1. The Kier molecular flexibility index (Phi) is 5.55. The molecule has 30 heavy (non-hydrogen) atoms. The van der Waals surface area contributed by atoms with E-state index >= 15 is 0 Å². The number of ether oxygens (including phenoxy) is 1. The average molecular weight is 406 g/mol. The van der Waals surface area contributed by atoms with Gasteiger partial charge in [-0.15, -0.1) is 0 Å². The van der Waals surface area contributed by atoms with Gasteiger partial charge in [-0.2, -0.15) is 0 Å². The number of carbonyl (C=O) groups is 1. The number of carbonyl (C=O) groups excluding carboxylic acids is 1. The first-order chi connectivity index (χ1) is 14.5. The van der Waals surface area contributed by atoms with Crippen LogP contribution < -0.4 is 10.3 Å². The van der Waals surface area contributed by atoms with Crippen molar-refractivity contribution in [3.05, 3.63) is 69.8 Å². The molecule has 0 saturated carbocycles. The molecule has 0 unspecified atom stereocenters. The summed E-state index contributed by atoms with van der Waals surface area (Å²) in [7, 11) is 3.68. The van der Waals surface area contributed by atoms with E-state index in [1.165, 1.54) is 0 Å². The summed E-state index contributed by atoms with van der Waals surface area (Å²) in [5.41, 5.74) is 2.61. The Balaban J connectivity index is 1.67. The average Bonchev–Trinajstić information content (AvgIpc) is 2.76. The van der Waals surface area contributed by atoms with Gasteiger partial charge in [0.25, 0.3) is 11.5 Å². The highest BCUT2D eigenvalue weighted by Crippen LogP contribution is 2.17. The molecule has 0 N–H and O–H groups in total. The van der Waals surface area contributed by atoms with Crippen LogP contribution in [0.3, 0.4) is 0 Å². The van der Waals surface area contributed by atoms with E-state index in [-0.39, 0.29) is 11.5 Å². The summed E-state index contributed by atoms with van der Waals surface area (Å²) in [5, 5.41) is 0.467. The molecule has 4 rings (SSSR count). The van der Waals surface area contributed by atoms with Crippen LogP contribution in [-0.4, -0.2) is 65.6 Å². The highest BCUT2D eigenvalue weighted by atomic mass is 16.5. The van der Waals surface area contributed by atoms with E-state index in [0.717, 1.165) is 24.4 Å². The van der Waals surface area contributed by atoms with Crippen LogP contribution in [0.15, 0.2) is 47.4 Å². The molecule has 1 aliphatic heterocycles. The fourth-order valence-electron chi connectivity index (χ4n) is 3.75. The normalized spacial score (nSPS) is 14.8. The zero-order valence-corrected chi connectivity index (χ0v) is 17.6. The van der Waals surface area contributed by atoms with Crippen molar-refractivity contribution < 1.29 is 9.53 Å². The third-order valence-electron chi connectivity index (χ3n) is 5.68. The van der Waals surface area contributed by atoms with Crippen molar-refractivity contribution in [3.8, 4) is 5.75 Å². The second-order valence-corrected chi connectivity index (χ2v) is 7.75. The first kappa shape index (κ1) is 20.1. The first-order valence-electron chi connectivity index (χ1n) is 10.1. The van der Waals surface area contributed by atoms with E-state index in [9.17, 15) is 9.59 Å². The monoisotopic (exact) mass is 406 g/mol. The molecule has 3 heterocycles. The Morgan fingerprint density at radius 1 is 1.10 bits per heavy atom. The molecule has 1 aliphatic rings. The number of methoxy groups -OCH3 is 1. The summed E-state index contributed by atoms with van der Waals surface area (Å²) < 4.78 is 6.83. The molecule has 0 spiro atoms. The molecule has 7 nitrogen and oxygen atoms in total. The summed E-state index contributed by atoms with van der Waals surface area (Å²) in [6.07, 6.45) is 1.75.